The van der Waals surface area contributed by atoms with Gasteiger partial charge in [-0.15, -0.1) is 0 Å². The number of likely N-dealkylation sites (tertiary alicyclic amines) is 1. The second-order valence-corrected chi connectivity index (χ2v) is 8.37. The van der Waals surface area contributed by atoms with Crippen LogP contribution in [0, 0.1) is 5.92 Å². The van der Waals surface area contributed by atoms with Crippen molar-refractivity contribution in [3.8, 4) is 0 Å². The summed E-state index contributed by atoms with van der Waals surface area (Å²) in [5.41, 5.74) is 2.16. The molecule has 1 fully saturated rings. The first kappa shape index (κ1) is 22.0. The molecule has 2 aromatic rings. The van der Waals surface area contributed by atoms with Crippen molar-refractivity contribution in [3.05, 3.63) is 71.8 Å². The van der Waals surface area contributed by atoms with Crippen LogP contribution in [0.1, 0.15) is 43.9 Å². The van der Waals surface area contributed by atoms with Crippen LogP contribution in [-0.4, -0.2) is 42.4 Å². The van der Waals surface area contributed by atoms with Crippen LogP contribution in [0.5, 0.6) is 0 Å². The molecule has 1 heterocycles. The predicted octanol–water partition coefficient (Wildman–Crippen LogP) is 3.32. The Morgan fingerprint density at radius 1 is 0.933 bits per heavy atom. The molecule has 1 saturated heterocycles. The average Bonchev–Trinajstić information content (AvgIpc) is 3.28. The van der Waals surface area contributed by atoms with Crippen LogP contribution in [-0.2, 0) is 16.0 Å². The molecule has 0 spiro atoms. The molecule has 2 amide bonds. The van der Waals surface area contributed by atoms with Crippen LogP contribution in [0.3, 0.4) is 0 Å². The zero-order chi connectivity index (χ0) is 21.3. The van der Waals surface area contributed by atoms with Crippen molar-refractivity contribution in [2.45, 2.75) is 45.2 Å². The van der Waals surface area contributed by atoms with Gasteiger partial charge in [-0.05, 0) is 43.0 Å². The van der Waals surface area contributed by atoms with Crippen molar-refractivity contribution >= 4 is 11.8 Å². The van der Waals surface area contributed by atoms with E-state index in [1.807, 2.05) is 62.4 Å². The zero-order valence-corrected chi connectivity index (χ0v) is 18.0. The molecule has 0 aliphatic carbocycles. The van der Waals surface area contributed by atoms with Gasteiger partial charge in [0.2, 0.25) is 11.8 Å². The molecular weight excluding hydrogens is 374 g/mol. The fourth-order valence-electron chi connectivity index (χ4n) is 4.03. The number of hydrogen-bond donors (Lipinski definition) is 2. The Morgan fingerprint density at radius 2 is 1.53 bits per heavy atom. The Balaban J connectivity index is 1.61. The Kier molecular flexibility index (Phi) is 8.03. The zero-order valence-electron chi connectivity index (χ0n) is 18.0. The minimum atomic E-state index is -0.545. The summed E-state index contributed by atoms with van der Waals surface area (Å²) in [6.45, 7) is 6.57. The van der Waals surface area contributed by atoms with E-state index in [2.05, 4.69) is 27.7 Å². The van der Waals surface area contributed by atoms with E-state index in [-0.39, 0.29) is 30.2 Å². The largest absolute Gasteiger partial charge is 0.352 e. The third-order valence-corrected chi connectivity index (χ3v) is 5.71. The summed E-state index contributed by atoms with van der Waals surface area (Å²) in [6.07, 6.45) is 2.67. The van der Waals surface area contributed by atoms with Crippen molar-refractivity contribution in [1.29, 1.82) is 0 Å². The Bertz CT molecular complexity index is 802. The van der Waals surface area contributed by atoms with E-state index in [1.165, 1.54) is 18.4 Å². The molecule has 30 heavy (non-hydrogen) atoms. The number of nitrogens with one attached hydrogen (secondary N) is 2. The van der Waals surface area contributed by atoms with Crippen LogP contribution in [0.15, 0.2) is 60.7 Å². The standard InChI is InChI=1S/C25H33N3O2/c1-19(2)24(27-23(29)17-20-11-5-3-6-12-20)25(30)26-18-22(28-15-9-10-16-28)21-13-7-4-8-14-21/h3-8,11-14,19,22,24H,9-10,15-18H2,1-2H3,(H,26,30)(H,27,29). The Labute approximate surface area is 179 Å². The smallest absolute Gasteiger partial charge is 0.242 e. The maximum absolute atomic E-state index is 13.0. The number of amides is 2. The van der Waals surface area contributed by atoms with Gasteiger partial charge in [0, 0.05) is 6.54 Å². The maximum Gasteiger partial charge on any atom is 0.242 e. The lowest BCUT2D eigenvalue weighted by molar-refractivity contribution is -0.129. The van der Waals surface area contributed by atoms with Gasteiger partial charge in [0.1, 0.15) is 6.04 Å². The third-order valence-electron chi connectivity index (χ3n) is 5.71. The van der Waals surface area contributed by atoms with Crippen LogP contribution < -0.4 is 10.6 Å². The van der Waals surface area contributed by atoms with Crippen LogP contribution in [0.25, 0.3) is 0 Å². The average molecular weight is 408 g/mol. The first-order valence-electron chi connectivity index (χ1n) is 10.9. The fourth-order valence-corrected chi connectivity index (χ4v) is 4.03. The molecule has 0 bridgehead atoms. The second kappa shape index (κ2) is 10.9. The van der Waals surface area contributed by atoms with E-state index in [0.29, 0.717) is 6.54 Å². The quantitative estimate of drug-likeness (QED) is 0.670. The highest BCUT2D eigenvalue weighted by molar-refractivity contribution is 5.88. The molecule has 1 aliphatic heterocycles. The van der Waals surface area contributed by atoms with Gasteiger partial charge in [-0.3, -0.25) is 14.5 Å². The molecule has 2 unspecified atom stereocenters. The lowest BCUT2D eigenvalue weighted by Gasteiger charge is -2.29. The summed E-state index contributed by atoms with van der Waals surface area (Å²) in [5, 5.41) is 6.05. The molecule has 5 heteroatoms. The molecule has 0 aromatic heterocycles. The molecule has 2 N–H and O–H groups in total. The molecular formula is C25H33N3O2. The number of hydrogen-bond acceptors (Lipinski definition) is 3. The topological polar surface area (TPSA) is 61.4 Å². The number of rotatable bonds is 9. The monoisotopic (exact) mass is 407 g/mol. The van der Waals surface area contributed by atoms with Crippen molar-refractivity contribution in [1.82, 2.24) is 15.5 Å². The van der Waals surface area contributed by atoms with Crippen molar-refractivity contribution in [2.75, 3.05) is 19.6 Å². The van der Waals surface area contributed by atoms with Gasteiger partial charge in [0.15, 0.2) is 0 Å². The van der Waals surface area contributed by atoms with Gasteiger partial charge < -0.3 is 10.6 Å². The number of carbonyl (C=O) groups is 2. The summed E-state index contributed by atoms with van der Waals surface area (Å²) >= 11 is 0. The van der Waals surface area contributed by atoms with Gasteiger partial charge in [-0.1, -0.05) is 74.5 Å². The number of carbonyl (C=O) groups excluding carboxylic acids is 2. The maximum atomic E-state index is 13.0. The minimum absolute atomic E-state index is 0.00619. The minimum Gasteiger partial charge on any atom is -0.352 e. The van der Waals surface area contributed by atoms with Gasteiger partial charge in [-0.2, -0.15) is 0 Å². The summed E-state index contributed by atoms with van der Waals surface area (Å²) in [5.74, 6) is -0.243. The van der Waals surface area contributed by atoms with Gasteiger partial charge in [0.25, 0.3) is 0 Å². The highest BCUT2D eigenvalue weighted by Gasteiger charge is 2.27. The summed E-state index contributed by atoms with van der Waals surface area (Å²) in [4.78, 5) is 27.9. The first-order valence-corrected chi connectivity index (χ1v) is 10.9. The normalized spacial score (nSPS) is 16.2. The highest BCUT2D eigenvalue weighted by atomic mass is 16.2. The first-order chi connectivity index (χ1) is 14.5. The molecule has 5 nitrogen and oxygen atoms in total. The lowest BCUT2D eigenvalue weighted by Crippen LogP contribution is -2.51. The summed E-state index contributed by atoms with van der Waals surface area (Å²) in [7, 11) is 0. The van der Waals surface area contributed by atoms with E-state index in [0.717, 1.165) is 18.7 Å². The van der Waals surface area contributed by atoms with Crippen molar-refractivity contribution < 1.29 is 9.59 Å². The molecule has 1 aliphatic rings. The van der Waals surface area contributed by atoms with E-state index in [9.17, 15) is 9.59 Å². The van der Waals surface area contributed by atoms with Crippen molar-refractivity contribution in [2.24, 2.45) is 5.92 Å². The molecule has 2 atom stereocenters. The number of benzene rings is 2. The summed E-state index contributed by atoms with van der Waals surface area (Å²) < 4.78 is 0. The van der Waals surface area contributed by atoms with Crippen LogP contribution in [0.2, 0.25) is 0 Å². The van der Waals surface area contributed by atoms with Gasteiger partial charge in [-0.25, -0.2) is 0 Å². The van der Waals surface area contributed by atoms with E-state index >= 15 is 0 Å². The molecule has 0 radical (unpaired) electrons. The predicted molar refractivity (Wildman–Crippen MR) is 120 cm³/mol. The van der Waals surface area contributed by atoms with Crippen LogP contribution in [0.4, 0.5) is 0 Å². The van der Waals surface area contributed by atoms with E-state index in [1.54, 1.807) is 0 Å². The molecule has 2 aromatic carbocycles. The fraction of sp³-hybridized carbons (Fsp3) is 0.440. The molecule has 160 valence electrons. The Morgan fingerprint density at radius 3 is 2.13 bits per heavy atom. The summed E-state index contributed by atoms with van der Waals surface area (Å²) in [6, 6.07) is 19.6. The molecule has 3 rings (SSSR count). The van der Waals surface area contributed by atoms with Gasteiger partial charge >= 0.3 is 0 Å². The SMILES string of the molecule is CC(C)C(NC(=O)Cc1ccccc1)C(=O)NCC(c1ccccc1)N1CCCC1. The lowest BCUT2D eigenvalue weighted by atomic mass is 10.0. The van der Waals surface area contributed by atoms with E-state index < -0.39 is 6.04 Å². The van der Waals surface area contributed by atoms with Gasteiger partial charge in [0.05, 0.1) is 12.5 Å². The van der Waals surface area contributed by atoms with Crippen molar-refractivity contribution in [3.63, 3.8) is 0 Å². The van der Waals surface area contributed by atoms with E-state index in [4.69, 9.17) is 0 Å². The highest BCUT2D eigenvalue weighted by Crippen LogP contribution is 2.24. The number of nitrogens with zero attached hydrogens (tertiary/aromatic N) is 1. The third kappa shape index (κ3) is 6.17. The van der Waals surface area contributed by atoms with Crippen LogP contribution >= 0.6 is 0 Å². The second-order valence-electron chi connectivity index (χ2n) is 8.37. The Hall–Kier alpha value is -2.66. The molecule has 0 saturated carbocycles.